The smallest absolute Gasteiger partial charge is 0.0961 e. The molecule has 0 aliphatic rings. The van der Waals surface area contributed by atoms with E-state index in [4.69, 9.17) is 0 Å². The number of benzene rings is 1. The standard InChI is InChI=1S/C13H19N/c1-3-14(4-2)12-8-11-13-9-6-5-7-10-13/h5-11H,3-4,12H2,1-2H3/p+1/b11-8+. The zero-order valence-electron chi connectivity index (χ0n) is 9.16. The molecular formula is C13H20N+. The van der Waals surface area contributed by atoms with Crippen LogP contribution in [-0.2, 0) is 0 Å². The SMILES string of the molecule is CC[NH+](CC)C/C=C/c1ccccc1. The van der Waals surface area contributed by atoms with E-state index in [0.29, 0.717) is 0 Å². The quantitative estimate of drug-likeness (QED) is 0.719. The van der Waals surface area contributed by atoms with E-state index in [1.807, 2.05) is 6.07 Å². The first-order valence-corrected chi connectivity index (χ1v) is 5.42. The summed E-state index contributed by atoms with van der Waals surface area (Å²) in [5.74, 6) is 0. The number of hydrogen-bond donors (Lipinski definition) is 1. The molecule has 1 rings (SSSR count). The van der Waals surface area contributed by atoms with Crippen molar-refractivity contribution in [2.75, 3.05) is 19.6 Å². The highest BCUT2D eigenvalue weighted by Gasteiger charge is 1.96. The molecule has 0 saturated carbocycles. The first kappa shape index (κ1) is 11.0. The Balaban J connectivity index is 2.41. The molecule has 0 bridgehead atoms. The second-order valence-electron chi connectivity index (χ2n) is 3.47. The van der Waals surface area contributed by atoms with Gasteiger partial charge in [-0.2, -0.15) is 0 Å². The van der Waals surface area contributed by atoms with Gasteiger partial charge in [0.15, 0.2) is 0 Å². The van der Waals surface area contributed by atoms with Crippen molar-refractivity contribution < 1.29 is 4.90 Å². The summed E-state index contributed by atoms with van der Waals surface area (Å²) in [7, 11) is 0. The average Bonchev–Trinajstić information content (AvgIpc) is 2.26. The molecule has 0 spiro atoms. The van der Waals surface area contributed by atoms with E-state index >= 15 is 0 Å². The summed E-state index contributed by atoms with van der Waals surface area (Å²) in [6, 6.07) is 10.5. The molecule has 0 aliphatic heterocycles. The van der Waals surface area contributed by atoms with Crippen LogP contribution in [0.3, 0.4) is 0 Å². The lowest BCUT2D eigenvalue weighted by molar-refractivity contribution is -0.890. The number of hydrogen-bond acceptors (Lipinski definition) is 0. The van der Waals surface area contributed by atoms with Gasteiger partial charge in [-0.25, -0.2) is 0 Å². The van der Waals surface area contributed by atoms with Crippen molar-refractivity contribution in [2.24, 2.45) is 0 Å². The van der Waals surface area contributed by atoms with Gasteiger partial charge in [-0.3, -0.25) is 0 Å². The molecule has 1 nitrogen and oxygen atoms in total. The predicted molar refractivity (Wildman–Crippen MR) is 62.4 cm³/mol. The molecule has 0 amide bonds. The summed E-state index contributed by atoms with van der Waals surface area (Å²) >= 11 is 0. The molecule has 0 radical (unpaired) electrons. The van der Waals surface area contributed by atoms with E-state index in [9.17, 15) is 0 Å². The molecule has 0 unspecified atom stereocenters. The first-order chi connectivity index (χ1) is 6.86. The minimum absolute atomic E-state index is 1.13. The van der Waals surface area contributed by atoms with Crippen LogP contribution in [0.15, 0.2) is 36.4 Å². The Kier molecular flexibility index (Phi) is 5.02. The molecule has 1 N–H and O–H groups in total. The van der Waals surface area contributed by atoms with E-state index in [-0.39, 0.29) is 0 Å². The van der Waals surface area contributed by atoms with Crippen molar-refractivity contribution in [3.05, 3.63) is 42.0 Å². The fraction of sp³-hybridized carbons (Fsp3) is 0.385. The van der Waals surface area contributed by atoms with E-state index in [0.717, 1.165) is 6.54 Å². The zero-order valence-corrected chi connectivity index (χ0v) is 9.16. The lowest BCUT2D eigenvalue weighted by atomic mass is 10.2. The highest BCUT2D eigenvalue weighted by atomic mass is 15.1. The van der Waals surface area contributed by atoms with Gasteiger partial charge in [-0.15, -0.1) is 0 Å². The summed E-state index contributed by atoms with van der Waals surface area (Å²) in [5, 5.41) is 0. The van der Waals surface area contributed by atoms with E-state index in [1.165, 1.54) is 18.7 Å². The van der Waals surface area contributed by atoms with Gasteiger partial charge in [0.05, 0.1) is 19.6 Å². The third kappa shape index (κ3) is 3.75. The lowest BCUT2D eigenvalue weighted by Crippen LogP contribution is -3.11. The van der Waals surface area contributed by atoms with Crippen molar-refractivity contribution in [3.63, 3.8) is 0 Å². The van der Waals surface area contributed by atoms with Crippen LogP contribution in [0.5, 0.6) is 0 Å². The van der Waals surface area contributed by atoms with Crippen LogP contribution in [0.2, 0.25) is 0 Å². The minimum atomic E-state index is 1.13. The molecule has 0 aliphatic carbocycles. The highest BCUT2D eigenvalue weighted by Crippen LogP contribution is 1.99. The molecule has 0 fully saturated rings. The Hall–Kier alpha value is -1.08. The number of nitrogens with one attached hydrogen (secondary N) is 1. The van der Waals surface area contributed by atoms with Crippen LogP contribution < -0.4 is 4.90 Å². The van der Waals surface area contributed by atoms with Gasteiger partial charge < -0.3 is 4.90 Å². The highest BCUT2D eigenvalue weighted by molar-refractivity contribution is 5.48. The van der Waals surface area contributed by atoms with Crippen LogP contribution >= 0.6 is 0 Å². The van der Waals surface area contributed by atoms with Gasteiger partial charge in [-0.05, 0) is 25.5 Å². The minimum Gasteiger partial charge on any atom is -0.332 e. The van der Waals surface area contributed by atoms with Crippen LogP contribution in [-0.4, -0.2) is 19.6 Å². The van der Waals surface area contributed by atoms with Gasteiger partial charge >= 0.3 is 0 Å². The van der Waals surface area contributed by atoms with E-state index < -0.39 is 0 Å². The first-order valence-electron chi connectivity index (χ1n) is 5.42. The van der Waals surface area contributed by atoms with Gasteiger partial charge in [0, 0.05) is 0 Å². The van der Waals surface area contributed by atoms with E-state index in [1.54, 1.807) is 4.90 Å². The van der Waals surface area contributed by atoms with Gasteiger partial charge in [0.1, 0.15) is 0 Å². The van der Waals surface area contributed by atoms with Crippen LogP contribution in [0.4, 0.5) is 0 Å². The average molecular weight is 190 g/mol. The second-order valence-corrected chi connectivity index (χ2v) is 3.47. The molecule has 76 valence electrons. The van der Waals surface area contributed by atoms with Crippen molar-refractivity contribution in [1.82, 2.24) is 0 Å². The molecule has 1 aromatic rings. The molecule has 14 heavy (non-hydrogen) atoms. The number of quaternary nitrogens is 1. The maximum Gasteiger partial charge on any atom is 0.0961 e. The maximum atomic E-state index is 2.26. The van der Waals surface area contributed by atoms with Gasteiger partial charge in [-0.1, -0.05) is 36.4 Å². The van der Waals surface area contributed by atoms with Crippen LogP contribution in [0.1, 0.15) is 19.4 Å². The van der Waals surface area contributed by atoms with Gasteiger partial charge in [0.25, 0.3) is 0 Å². The Morgan fingerprint density at radius 2 is 1.71 bits per heavy atom. The fourth-order valence-corrected chi connectivity index (χ4v) is 1.46. The van der Waals surface area contributed by atoms with Gasteiger partial charge in [0.2, 0.25) is 0 Å². The van der Waals surface area contributed by atoms with Crippen molar-refractivity contribution in [3.8, 4) is 0 Å². The molecular weight excluding hydrogens is 170 g/mol. The Bertz CT molecular complexity index is 260. The Labute approximate surface area is 87.1 Å². The summed E-state index contributed by atoms with van der Waals surface area (Å²) in [6.45, 7) is 8.00. The summed E-state index contributed by atoms with van der Waals surface area (Å²) in [5.41, 5.74) is 1.29. The van der Waals surface area contributed by atoms with Crippen molar-refractivity contribution in [2.45, 2.75) is 13.8 Å². The normalized spacial score (nSPS) is 11.4. The summed E-state index contributed by atoms with van der Waals surface area (Å²) < 4.78 is 0. The van der Waals surface area contributed by atoms with Crippen LogP contribution in [0.25, 0.3) is 6.08 Å². The monoisotopic (exact) mass is 190 g/mol. The topological polar surface area (TPSA) is 4.44 Å². The summed E-state index contributed by atoms with van der Waals surface area (Å²) in [6.07, 6.45) is 4.46. The summed E-state index contributed by atoms with van der Waals surface area (Å²) in [4.78, 5) is 1.62. The van der Waals surface area contributed by atoms with E-state index in [2.05, 4.69) is 50.3 Å². The molecule has 0 aromatic heterocycles. The fourth-order valence-electron chi connectivity index (χ4n) is 1.46. The number of rotatable bonds is 5. The van der Waals surface area contributed by atoms with Crippen LogP contribution in [0, 0.1) is 0 Å². The maximum absolute atomic E-state index is 2.26. The molecule has 1 heteroatoms. The Morgan fingerprint density at radius 1 is 1.07 bits per heavy atom. The molecule has 1 aromatic carbocycles. The molecule has 0 saturated heterocycles. The predicted octanol–water partition coefficient (Wildman–Crippen LogP) is 1.62. The molecule has 0 atom stereocenters. The largest absolute Gasteiger partial charge is 0.332 e. The third-order valence-corrected chi connectivity index (χ3v) is 2.52. The second kappa shape index (κ2) is 6.39. The molecule has 0 heterocycles. The Morgan fingerprint density at radius 3 is 2.29 bits per heavy atom. The van der Waals surface area contributed by atoms with Crippen molar-refractivity contribution in [1.29, 1.82) is 0 Å². The number of likely N-dealkylation sites (N-methyl/N-ethyl adjacent to an activating group) is 1. The van der Waals surface area contributed by atoms with Crippen molar-refractivity contribution >= 4 is 6.08 Å². The third-order valence-electron chi connectivity index (χ3n) is 2.52. The zero-order chi connectivity index (χ0) is 10.2. The lowest BCUT2D eigenvalue weighted by Gasteiger charge is -2.11.